The van der Waals surface area contributed by atoms with E-state index in [-0.39, 0.29) is 34.3 Å². The van der Waals surface area contributed by atoms with Crippen LogP contribution >= 0.6 is 22.9 Å². The molecule has 40 heavy (non-hydrogen) atoms. The lowest BCUT2D eigenvalue weighted by molar-refractivity contribution is -0.138. The minimum absolute atomic E-state index is 0.0867. The van der Waals surface area contributed by atoms with Gasteiger partial charge in [0.25, 0.3) is 5.56 Å². The summed E-state index contributed by atoms with van der Waals surface area (Å²) in [6.07, 6.45) is 1.65. The van der Waals surface area contributed by atoms with Crippen molar-refractivity contribution < 1.29 is 24.1 Å². The van der Waals surface area contributed by atoms with Crippen molar-refractivity contribution in [1.29, 1.82) is 0 Å². The van der Waals surface area contributed by atoms with E-state index in [0.29, 0.717) is 37.5 Å². The summed E-state index contributed by atoms with van der Waals surface area (Å²) in [7, 11) is 2.97. The highest BCUT2D eigenvalue weighted by Gasteiger charge is 2.35. The van der Waals surface area contributed by atoms with E-state index in [0.717, 1.165) is 0 Å². The van der Waals surface area contributed by atoms with Crippen LogP contribution in [0.2, 0.25) is 5.02 Å². The molecule has 204 valence electrons. The molecular weight excluding hydrogens is 552 g/mol. The molecule has 0 fully saturated rings. The number of methoxy groups -OCH3 is 2. The molecule has 0 saturated carbocycles. The average Bonchev–Trinajstić information content (AvgIpc) is 3.28. The molecule has 0 unspecified atom stereocenters. The molecule has 0 amide bonds. The fourth-order valence-corrected chi connectivity index (χ4v) is 5.77. The molecule has 2 heterocycles. The molecule has 0 radical (unpaired) electrons. The van der Waals surface area contributed by atoms with E-state index < -0.39 is 12.0 Å². The molecule has 0 bridgehead atoms. The summed E-state index contributed by atoms with van der Waals surface area (Å²) in [6, 6.07) is 18.8. The van der Waals surface area contributed by atoms with Gasteiger partial charge in [0.2, 0.25) is 0 Å². The maximum atomic E-state index is 14.0. The fraction of sp³-hybridized carbons (Fsp3) is 0.167. The number of thiazole rings is 1. The largest absolute Gasteiger partial charge is 0.503 e. The topological polar surface area (TPSA) is 99.4 Å². The molecule has 0 aliphatic carbocycles. The Morgan fingerprint density at radius 3 is 2.58 bits per heavy atom. The Balaban J connectivity index is 1.83. The zero-order valence-corrected chi connectivity index (χ0v) is 23.5. The van der Waals surface area contributed by atoms with Crippen LogP contribution in [0.25, 0.3) is 11.8 Å². The van der Waals surface area contributed by atoms with E-state index in [2.05, 4.69) is 0 Å². The standard InChI is InChI=1S/C30H25ClN2O6S/c1-4-39-29(36)24-25(18-9-6-5-7-10-18)32-30-33(26(24)19-11-8-12-20(16-19)37-2)28(35)23(40-30)15-17-13-21(31)27(34)22(14-17)38-3/h5-16,26,34H,4H2,1-3H3/b23-15-/t26-/m0/s1. The summed E-state index contributed by atoms with van der Waals surface area (Å²) in [5.41, 5.74) is 2.24. The summed E-state index contributed by atoms with van der Waals surface area (Å²) < 4.78 is 18.0. The van der Waals surface area contributed by atoms with Crippen LogP contribution in [0.3, 0.4) is 0 Å². The summed E-state index contributed by atoms with van der Waals surface area (Å²) in [4.78, 5) is 32.8. The van der Waals surface area contributed by atoms with Crippen LogP contribution in [0.15, 0.2) is 82.1 Å². The van der Waals surface area contributed by atoms with Gasteiger partial charge in [-0.05, 0) is 48.4 Å². The number of fused-ring (bicyclic) bond motifs is 1. The van der Waals surface area contributed by atoms with Gasteiger partial charge < -0.3 is 19.3 Å². The predicted molar refractivity (Wildman–Crippen MR) is 154 cm³/mol. The van der Waals surface area contributed by atoms with E-state index in [1.807, 2.05) is 36.4 Å². The highest BCUT2D eigenvalue weighted by Crippen LogP contribution is 2.37. The van der Waals surface area contributed by atoms with Crippen molar-refractivity contribution in [2.75, 3.05) is 20.8 Å². The van der Waals surface area contributed by atoms with Gasteiger partial charge in [-0.1, -0.05) is 65.4 Å². The number of ether oxygens (including phenoxy) is 3. The molecular formula is C30H25ClN2O6S. The Morgan fingerprint density at radius 2 is 1.88 bits per heavy atom. The number of hydrogen-bond acceptors (Lipinski definition) is 8. The van der Waals surface area contributed by atoms with Crippen LogP contribution in [0, 0.1) is 0 Å². The molecule has 1 N–H and O–H groups in total. The van der Waals surface area contributed by atoms with Crippen molar-refractivity contribution in [3.8, 4) is 17.2 Å². The number of phenols is 1. The number of halogens is 1. The number of esters is 1. The molecule has 5 rings (SSSR count). The van der Waals surface area contributed by atoms with Crippen molar-refractivity contribution in [1.82, 2.24) is 4.57 Å². The minimum atomic E-state index is -0.833. The van der Waals surface area contributed by atoms with E-state index in [4.69, 9.17) is 30.8 Å². The maximum Gasteiger partial charge on any atom is 0.338 e. The van der Waals surface area contributed by atoms with Gasteiger partial charge in [0.05, 0.1) is 47.7 Å². The molecule has 3 aromatic carbocycles. The number of hydrogen-bond donors (Lipinski definition) is 1. The van der Waals surface area contributed by atoms with Crippen LogP contribution in [0.4, 0.5) is 0 Å². The van der Waals surface area contributed by atoms with Gasteiger partial charge in [-0.15, -0.1) is 0 Å². The first-order valence-electron chi connectivity index (χ1n) is 12.3. The zero-order valence-electron chi connectivity index (χ0n) is 21.9. The number of benzene rings is 3. The van der Waals surface area contributed by atoms with Gasteiger partial charge in [-0.25, -0.2) is 9.79 Å². The van der Waals surface area contributed by atoms with E-state index in [9.17, 15) is 14.7 Å². The van der Waals surface area contributed by atoms with Crippen molar-refractivity contribution in [2.24, 2.45) is 4.99 Å². The van der Waals surface area contributed by atoms with Gasteiger partial charge >= 0.3 is 5.97 Å². The van der Waals surface area contributed by atoms with Crippen LogP contribution in [-0.4, -0.2) is 36.5 Å². The Hall–Kier alpha value is -4.34. The second-order valence-electron chi connectivity index (χ2n) is 8.76. The molecule has 1 aromatic heterocycles. The molecule has 8 nitrogen and oxygen atoms in total. The van der Waals surface area contributed by atoms with Crippen molar-refractivity contribution in [2.45, 2.75) is 13.0 Å². The van der Waals surface area contributed by atoms with Crippen LogP contribution in [0.1, 0.15) is 29.7 Å². The lowest BCUT2D eigenvalue weighted by atomic mass is 9.93. The first-order chi connectivity index (χ1) is 19.4. The SMILES string of the molecule is CCOC(=O)C1=C(c2ccccc2)N=c2s/c(=C\c3cc(Cl)c(O)c(OC)c3)c(=O)n2[C@H]1c1cccc(OC)c1. The van der Waals surface area contributed by atoms with Crippen molar-refractivity contribution >= 4 is 40.7 Å². The Bertz CT molecular complexity index is 1810. The fourth-order valence-electron chi connectivity index (χ4n) is 4.55. The number of aromatic nitrogens is 1. The molecule has 4 aromatic rings. The number of carbonyl (C=O) groups is 1. The normalized spacial score (nSPS) is 14.9. The van der Waals surface area contributed by atoms with Gasteiger partial charge in [-0.3, -0.25) is 9.36 Å². The third-order valence-electron chi connectivity index (χ3n) is 6.35. The Labute approximate surface area is 238 Å². The number of aromatic hydroxyl groups is 1. The van der Waals surface area contributed by atoms with Crippen LogP contribution in [-0.2, 0) is 9.53 Å². The van der Waals surface area contributed by atoms with E-state index in [1.165, 1.54) is 29.1 Å². The third-order valence-corrected chi connectivity index (χ3v) is 7.62. The lowest BCUT2D eigenvalue weighted by Gasteiger charge is -2.26. The average molecular weight is 577 g/mol. The predicted octanol–water partition coefficient (Wildman–Crippen LogP) is 4.31. The molecule has 1 atom stereocenters. The summed E-state index contributed by atoms with van der Waals surface area (Å²) in [5.74, 6) is -0.00157. The molecule has 10 heteroatoms. The Kier molecular flexibility index (Phi) is 7.77. The number of nitrogens with zero attached hydrogens (tertiary/aromatic N) is 2. The summed E-state index contributed by atoms with van der Waals surface area (Å²) in [6.45, 7) is 1.89. The first-order valence-corrected chi connectivity index (χ1v) is 13.5. The quantitative estimate of drug-likeness (QED) is 0.329. The van der Waals surface area contributed by atoms with Crippen molar-refractivity contribution in [3.63, 3.8) is 0 Å². The molecule has 0 saturated heterocycles. The van der Waals surface area contributed by atoms with E-state index in [1.54, 1.807) is 44.4 Å². The third kappa shape index (κ3) is 5.01. The summed E-state index contributed by atoms with van der Waals surface area (Å²) in [5, 5.41) is 10.2. The van der Waals surface area contributed by atoms with Gasteiger partial charge in [0, 0.05) is 5.56 Å². The summed E-state index contributed by atoms with van der Waals surface area (Å²) >= 11 is 7.37. The minimum Gasteiger partial charge on any atom is -0.503 e. The van der Waals surface area contributed by atoms with Crippen LogP contribution < -0.4 is 24.4 Å². The van der Waals surface area contributed by atoms with Crippen molar-refractivity contribution in [3.05, 3.63) is 114 Å². The second kappa shape index (κ2) is 11.4. The molecule has 0 spiro atoms. The van der Waals surface area contributed by atoms with Crippen LogP contribution in [0.5, 0.6) is 17.2 Å². The van der Waals surface area contributed by atoms with Gasteiger partial charge in [0.15, 0.2) is 16.3 Å². The number of carbonyl (C=O) groups excluding carboxylic acids is 1. The van der Waals surface area contributed by atoms with Gasteiger partial charge in [-0.2, -0.15) is 0 Å². The number of phenolic OH excluding ortho intramolecular Hbond substituents is 1. The first kappa shape index (κ1) is 27.2. The zero-order chi connectivity index (χ0) is 28.4. The molecule has 1 aliphatic rings. The highest BCUT2D eigenvalue weighted by molar-refractivity contribution is 7.07. The highest BCUT2D eigenvalue weighted by atomic mass is 35.5. The lowest BCUT2D eigenvalue weighted by Crippen LogP contribution is -2.40. The maximum absolute atomic E-state index is 14.0. The van der Waals surface area contributed by atoms with E-state index >= 15 is 0 Å². The Morgan fingerprint density at radius 1 is 1.10 bits per heavy atom. The van der Waals surface area contributed by atoms with Gasteiger partial charge in [0.1, 0.15) is 5.75 Å². The monoisotopic (exact) mass is 576 g/mol. The molecule has 1 aliphatic heterocycles. The smallest absolute Gasteiger partial charge is 0.338 e. The number of rotatable bonds is 7. The second-order valence-corrected chi connectivity index (χ2v) is 10.2.